The molecule has 0 aliphatic heterocycles. The summed E-state index contributed by atoms with van der Waals surface area (Å²) in [6.07, 6.45) is 4.19. The Morgan fingerprint density at radius 2 is 1.52 bits per heavy atom. The smallest absolute Gasteiger partial charge is 0.319 e. The lowest BCUT2D eigenvalue weighted by molar-refractivity contribution is -0.143. The van der Waals surface area contributed by atoms with E-state index in [1.165, 1.54) is 7.11 Å². The van der Waals surface area contributed by atoms with Gasteiger partial charge < -0.3 is 9.64 Å². The molecule has 5 heteroatoms. The van der Waals surface area contributed by atoms with E-state index < -0.39 is 0 Å². The molecule has 0 rings (SSSR count). The molecule has 0 aliphatic rings. The average Bonchev–Trinajstić information content (AvgIpc) is 2.46. The van der Waals surface area contributed by atoms with E-state index in [1.54, 1.807) is 0 Å². The summed E-state index contributed by atoms with van der Waals surface area (Å²) in [4.78, 5) is 27.7. The van der Waals surface area contributed by atoms with E-state index in [0.29, 0.717) is 0 Å². The molecule has 0 fully saturated rings. The standard InChI is InChI=1S/C16H32N2O3/c1-6-8-10-17(11-9-7-2)15(19)12-18(14(3)4)13-16(20)21-5/h14H,6-13H2,1-5H3. The van der Waals surface area contributed by atoms with Gasteiger partial charge in [-0.25, -0.2) is 0 Å². The summed E-state index contributed by atoms with van der Waals surface area (Å²) >= 11 is 0. The molecule has 124 valence electrons. The Hall–Kier alpha value is -1.10. The monoisotopic (exact) mass is 300 g/mol. The molecular weight excluding hydrogens is 268 g/mol. The van der Waals surface area contributed by atoms with Gasteiger partial charge >= 0.3 is 5.97 Å². The maximum atomic E-state index is 12.5. The average molecular weight is 300 g/mol. The van der Waals surface area contributed by atoms with Crippen molar-refractivity contribution in [3.8, 4) is 0 Å². The zero-order valence-corrected chi connectivity index (χ0v) is 14.4. The van der Waals surface area contributed by atoms with Crippen LogP contribution in [0.1, 0.15) is 53.4 Å². The summed E-state index contributed by atoms with van der Waals surface area (Å²) in [5.74, 6) is -0.195. The number of carbonyl (C=O) groups excluding carboxylic acids is 2. The highest BCUT2D eigenvalue weighted by atomic mass is 16.5. The van der Waals surface area contributed by atoms with Crippen LogP contribution in [0.15, 0.2) is 0 Å². The van der Waals surface area contributed by atoms with Crippen molar-refractivity contribution in [3.05, 3.63) is 0 Å². The number of hydrogen-bond acceptors (Lipinski definition) is 4. The fraction of sp³-hybridized carbons (Fsp3) is 0.875. The Morgan fingerprint density at radius 1 is 1.00 bits per heavy atom. The topological polar surface area (TPSA) is 49.9 Å². The van der Waals surface area contributed by atoms with E-state index in [9.17, 15) is 9.59 Å². The molecule has 0 N–H and O–H groups in total. The van der Waals surface area contributed by atoms with Crippen molar-refractivity contribution in [2.75, 3.05) is 33.3 Å². The van der Waals surface area contributed by atoms with E-state index in [-0.39, 0.29) is 31.0 Å². The van der Waals surface area contributed by atoms with Gasteiger partial charge in [0.05, 0.1) is 20.2 Å². The van der Waals surface area contributed by atoms with E-state index in [2.05, 4.69) is 13.8 Å². The third-order valence-corrected chi connectivity index (χ3v) is 3.54. The molecule has 0 saturated heterocycles. The predicted octanol–water partition coefficient (Wildman–Crippen LogP) is 2.30. The van der Waals surface area contributed by atoms with E-state index in [4.69, 9.17) is 4.74 Å². The third kappa shape index (κ3) is 8.71. The number of carbonyl (C=O) groups is 2. The summed E-state index contributed by atoms with van der Waals surface area (Å²) in [6, 6.07) is 0.132. The fourth-order valence-corrected chi connectivity index (χ4v) is 1.98. The van der Waals surface area contributed by atoms with Crippen molar-refractivity contribution >= 4 is 11.9 Å². The Balaban J connectivity index is 4.60. The Bertz CT molecular complexity index is 298. The number of nitrogens with zero attached hydrogens (tertiary/aromatic N) is 2. The first-order chi connectivity index (χ1) is 9.96. The summed E-state index contributed by atoms with van der Waals surface area (Å²) < 4.78 is 4.70. The maximum absolute atomic E-state index is 12.5. The van der Waals surface area contributed by atoms with Crippen LogP contribution >= 0.6 is 0 Å². The molecule has 0 bridgehead atoms. The third-order valence-electron chi connectivity index (χ3n) is 3.54. The van der Waals surface area contributed by atoms with Gasteiger partial charge in [0.25, 0.3) is 0 Å². The van der Waals surface area contributed by atoms with Crippen molar-refractivity contribution in [1.82, 2.24) is 9.80 Å². The molecule has 5 nitrogen and oxygen atoms in total. The minimum absolute atomic E-state index is 0.106. The summed E-state index contributed by atoms with van der Waals surface area (Å²) in [6.45, 7) is 10.3. The normalized spacial score (nSPS) is 11.0. The van der Waals surface area contributed by atoms with Crippen LogP contribution in [0.5, 0.6) is 0 Å². The van der Waals surface area contributed by atoms with E-state index >= 15 is 0 Å². The largest absolute Gasteiger partial charge is 0.468 e. The lowest BCUT2D eigenvalue weighted by atomic mass is 10.2. The van der Waals surface area contributed by atoms with Crippen molar-refractivity contribution in [2.45, 2.75) is 59.4 Å². The second-order valence-corrected chi connectivity index (χ2v) is 5.66. The second-order valence-electron chi connectivity index (χ2n) is 5.66. The minimum atomic E-state index is -0.301. The van der Waals surface area contributed by atoms with Gasteiger partial charge in [0.1, 0.15) is 0 Å². The highest BCUT2D eigenvalue weighted by molar-refractivity contribution is 5.79. The fourth-order valence-electron chi connectivity index (χ4n) is 1.98. The van der Waals surface area contributed by atoms with Crippen LogP contribution in [-0.2, 0) is 14.3 Å². The van der Waals surface area contributed by atoms with Crippen molar-refractivity contribution in [1.29, 1.82) is 0 Å². The first-order valence-corrected chi connectivity index (χ1v) is 8.04. The number of unbranched alkanes of at least 4 members (excludes halogenated alkanes) is 2. The van der Waals surface area contributed by atoms with Crippen molar-refractivity contribution in [2.24, 2.45) is 0 Å². The van der Waals surface area contributed by atoms with Gasteiger partial charge in [-0.2, -0.15) is 0 Å². The number of rotatable bonds is 11. The van der Waals surface area contributed by atoms with Crippen molar-refractivity contribution in [3.63, 3.8) is 0 Å². The zero-order valence-electron chi connectivity index (χ0n) is 14.4. The molecule has 0 aromatic heterocycles. The molecule has 0 spiro atoms. The van der Waals surface area contributed by atoms with Gasteiger partial charge in [-0.15, -0.1) is 0 Å². The van der Waals surface area contributed by atoms with Crippen molar-refractivity contribution < 1.29 is 14.3 Å². The number of esters is 1. The lowest BCUT2D eigenvalue weighted by Crippen LogP contribution is -2.45. The molecule has 0 radical (unpaired) electrons. The van der Waals surface area contributed by atoms with Gasteiger partial charge in [-0.3, -0.25) is 14.5 Å². The second kappa shape index (κ2) is 11.5. The molecule has 0 aromatic carbocycles. The van der Waals surface area contributed by atoms with Gasteiger partial charge in [0, 0.05) is 19.1 Å². The lowest BCUT2D eigenvalue weighted by Gasteiger charge is -2.29. The molecule has 0 unspecified atom stereocenters. The van der Waals surface area contributed by atoms with Crippen LogP contribution in [0.25, 0.3) is 0 Å². The summed E-state index contributed by atoms with van der Waals surface area (Å²) in [7, 11) is 1.37. The molecule has 1 amide bonds. The van der Waals surface area contributed by atoms with Gasteiger partial charge in [-0.05, 0) is 26.7 Å². The summed E-state index contributed by atoms with van der Waals surface area (Å²) in [5.41, 5.74) is 0. The Morgan fingerprint density at radius 3 is 1.90 bits per heavy atom. The van der Waals surface area contributed by atoms with Crippen LogP contribution in [0.3, 0.4) is 0 Å². The predicted molar refractivity (Wildman–Crippen MR) is 85.1 cm³/mol. The molecule has 21 heavy (non-hydrogen) atoms. The molecule has 0 aliphatic carbocycles. The molecule has 0 saturated carbocycles. The molecular formula is C16H32N2O3. The molecule has 0 atom stereocenters. The van der Waals surface area contributed by atoms with E-state index in [1.807, 2.05) is 23.6 Å². The first kappa shape index (κ1) is 19.9. The number of ether oxygens (including phenoxy) is 1. The number of amides is 1. The maximum Gasteiger partial charge on any atom is 0.319 e. The Kier molecular flexibility index (Phi) is 10.9. The van der Waals surface area contributed by atoms with Crippen LogP contribution in [-0.4, -0.2) is 61.0 Å². The number of hydrogen-bond donors (Lipinski definition) is 0. The first-order valence-electron chi connectivity index (χ1n) is 8.04. The molecule has 0 aromatic rings. The highest BCUT2D eigenvalue weighted by Gasteiger charge is 2.21. The molecule has 0 heterocycles. The minimum Gasteiger partial charge on any atom is -0.468 e. The zero-order chi connectivity index (χ0) is 16.3. The van der Waals surface area contributed by atoms with Gasteiger partial charge in [-0.1, -0.05) is 26.7 Å². The Labute approximate surface area is 129 Å². The van der Waals surface area contributed by atoms with Crippen LogP contribution < -0.4 is 0 Å². The van der Waals surface area contributed by atoms with Crippen LogP contribution in [0, 0.1) is 0 Å². The summed E-state index contributed by atoms with van der Waals surface area (Å²) in [5, 5.41) is 0. The van der Waals surface area contributed by atoms with Gasteiger partial charge in [0.15, 0.2) is 0 Å². The quantitative estimate of drug-likeness (QED) is 0.549. The highest BCUT2D eigenvalue weighted by Crippen LogP contribution is 2.04. The van der Waals surface area contributed by atoms with Crippen LogP contribution in [0.2, 0.25) is 0 Å². The SMILES string of the molecule is CCCCN(CCCC)C(=O)CN(CC(=O)OC)C(C)C. The van der Waals surface area contributed by atoms with E-state index in [0.717, 1.165) is 38.8 Å². The number of methoxy groups -OCH3 is 1. The van der Waals surface area contributed by atoms with Gasteiger partial charge in [0.2, 0.25) is 5.91 Å². The van der Waals surface area contributed by atoms with Crippen LogP contribution in [0.4, 0.5) is 0 Å².